The summed E-state index contributed by atoms with van der Waals surface area (Å²) < 4.78 is 39.4. The molecule has 0 heterocycles. The van der Waals surface area contributed by atoms with Crippen LogP contribution in [0.4, 0.5) is 0 Å². The predicted octanol–water partition coefficient (Wildman–Crippen LogP) is 10.6. The highest BCUT2D eigenvalue weighted by atomic mass is 32.2. The first-order valence-corrected chi connectivity index (χ1v) is 17.8. The molecule has 0 atom stereocenters. The lowest BCUT2D eigenvalue weighted by Gasteiger charge is -2.30. The predicted molar refractivity (Wildman–Crippen MR) is 187 cm³/mol. The Balaban J connectivity index is 1.46. The van der Waals surface area contributed by atoms with E-state index in [0.29, 0.717) is 22.8 Å². The van der Waals surface area contributed by atoms with E-state index >= 15 is 0 Å². The Labute approximate surface area is 271 Å². The van der Waals surface area contributed by atoms with E-state index < -0.39 is 9.84 Å². The van der Waals surface area contributed by atoms with Gasteiger partial charge in [0.1, 0.15) is 22.9 Å². The van der Waals surface area contributed by atoms with Crippen molar-refractivity contribution in [3.8, 4) is 11.5 Å². The number of benzene rings is 3. The molecule has 0 bridgehead atoms. The summed E-state index contributed by atoms with van der Waals surface area (Å²) in [5.41, 5.74) is 3.21. The van der Waals surface area contributed by atoms with Gasteiger partial charge in [0.2, 0.25) is 9.84 Å². The van der Waals surface area contributed by atoms with Crippen LogP contribution in [0.3, 0.4) is 0 Å². The molecule has 1 aliphatic carbocycles. The Morgan fingerprint density at radius 2 is 1.16 bits per heavy atom. The van der Waals surface area contributed by atoms with Gasteiger partial charge in [0.05, 0.1) is 9.80 Å². The summed E-state index contributed by atoms with van der Waals surface area (Å²) in [5.74, 6) is 2.29. The topological polar surface area (TPSA) is 52.6 Å². The molecule has 0 N–H and O–H groups in total. The molecule has 240 valence electrons. The minimum atomic E-state index is -3.65. The summed E-state index contributed by atoms with van der Waals surface area (Å²) >= 11 is 0. The van der Waals surface area contributed by atoms with Crippen LogP contribution >= 0.6 is 0 Å². The minimum Gasteiger partial charge on any atom is -0.488 e. The molecule has 0 amide bonds. The lowest BCUT2D eigenvalue weighted by atomic mass is 9.78. The average molecular weight is 627 g/mol. The molecule has 4 rings (SSSR count). The molecule has 4 nitrogen and oxygen atoms in total. The summed E-state index contributed by atoms with van der Waals surface area (Å²) in [5, 5.41) is 0. The molecule has 0 spiro atoms. The first kappa shape index (κ1) is 34.3. The molecule has 0 saturated heterocycles. The normalized spacial score (nSPS) is 14.4. The first-order chi connectivity index (χ1) is 21.3. The number of ether oxygens (including phenoxy) is 2. The van der Waals surface area contributed by atoms with Crippen LogP contribution < -0.4 is 9.47 Å². The van der Waals surface area contributed by atoms with Gasteiger partial charge in [-0.15, -0.1) is 0 Å². The molecule has 0 fully saturated rings. The van der Waals surface area contributed by atoms with Gasteiger partial charge in [-0.3, -0.25) is 0 Å². The maximum atomic E-state index is 13.5. The first-order valence-electron chi connectivity index (χ1n) is 16.3. The second-order valence-corrected chi connectivity index (χ2v) is 15.1. The molecule has 45 heavy (non-hydrogen) atoms. The molecule has 0 aromatic heterocycles. The number of hydrogen-bond acceptors (Lipinski definition) is 4. The molecule has 0 radical (unpaired) electrons. The quantitative estimate of drug-likeness (QED) is 0.189. The molecule has 3 aromatic rings. The lowest BCUT2D eigenvalue weighted by Crippen LogP contribution is -2.30. The Morgan fingerprint density at radius 1 is 0.644 bits per heavy atom. The van der Waals surface area contributed by atoms with E-state index in [1.807, 2.05) is 30.3 Å². The Morgan fingerprint density at radius 3 is 1.67 bits per heavy atom. The van der Waals surface area contributed by atoms with Gasteiger partial charge in [0.15, 0.2) is 0 Å². The van der Waals surface area contributed by atoms with Crippen molar-refractivity contribution in [1.29, 1.82) is 0 Å². The number of allylic oxidation sites excluding steroid dienone is 4. The van der Waals surface area contributed by atoms with Crippen molar-refractivity contribution in [3.63, 3.8) is 0 Å². The second-order valence-electron chi connectivity index (χ2n) is 13.1. The van der Waals surface area contributed by atoms with E-state index in [-0.39, 0.29) is 21.3 Å². The van der Waals surface area contributed by atoms with Crippen LogP contribution in [0, 0.1) is 0 Å². The summed E-state index contributed by atoms with van der Waals surface area (Å²) in [7, 11) is -3.65. The maximum absolute atomic E-state index is 13.5. The van der Waals surface area contributed by atoms with Gasteiger partial charge in [0, 0.05) is 11.8 Å². The minimum absolute atomic E-state index is 0.0406. The third kappa shape index (κ3) is 7.64. The third-order valence-electron chi connectivity index (χ3n) is 10.0. The number of sulfone groups is 1. The van der Waals surface area contributed by atoms with E-state index in [1.54, 1.807) is 30.4 Å². The number of hydrogen-bond donors (Lipinski definition) is 0. The zero-order chi connectivity index (χ0) is 32.9. The van der Waals surface area contributed by atoms with Crippen molar-refractivity contribution < 1.29 is 17.9 Å². The molecule has 0 unspecified atom stereocenters. The lowest BCUT2D eigenvalue weighted by molar-refractivity contribution is 0.0802. The van der Waals surface area contributed by atoms with Gasteiger partial charge in [-0.2, -0.15) is 0 Å². The zero-order valence-corrected chi connectivity index (χ0v) is 29.1. The highest BCUT2D eigenvalue weighted by Gasteiger charge is 2.26. The van der Waals surface area contributed by atoms with Crippen molar-refractivity contribution in [3.05, 3.63) is 124 Å². The van der Waals surface area contributed by atoms with Crippen LogP contribution in [0.25, 0.3) is 0 Å². The van der Waals surface area contributed by atoms with E-state index in [1.165, 1.54) is 11.1 Å². The molecular weight excluding hydrogens is 577 g/mol. The number of rotatable bonds is 13. The molecule has 0 aliphatic heterocycles. The van der Waals surface area contributed by atoms with Gasteiger partial charge in [-0.25, -0.2) is 8.42 Å². The summed E-state index contributed by atoms with van der Waals surface area (Å²) in [6, 6.07) is 23.9. The van der Waals surface area contributed by atoms with E-state index in [4.69, 9.17) is 9.47 Å². The van der Waals surface area contributed by atoms with Crippen molar-refractivity contribution in [2.24, 2.45) is 0 Å². The fraction of sp³-hybridized carbons (Fsp3) is 0.400. The van der Waals surface area contributed by atoms with Crippen LogP contribution in [0.2, 0.25) is 0 Å². The van der Waals surface area contributed by atoms with Gasteiger partial charge in [0.25, 0.3) is 0 Å². The molecular formula is C40H50O4S. The van der Waals surface area contributed by atoms with Crippen molar-refractivity contribution >= 4 is 9.84 Å². The maximum Gasteiger partial charge on any atom is 0.206 e. The van der Waals surface area contributed by atoms with Crippen LogP contribution in [0.5, 0.6) is 11.5 Å². The Bertz CT molecular complexity index is 1630. The zero-order valence-electron chi connectivity index (χ0n) is 28.3. The second kappa shape index (κ2) is 13.8. The van der Waals surface area contributed by atoms with Gasteiger partial charge in [-0.1, -0.05) is 90.9 Å². The largest absolute Gasteiger partial charge is 0.488 e. The smallest absolute Gasteiger partial charge is 0.206 e. The van der Waals surface area contributed by atoms with E-state index in [0.717, 1.165) is 37.0 Å². The highest BCUT2D eigenvalue weighted by Crippen LogP contribution is 2.35. The summed E-state index contributed by atoms with van der Waals surface area (Å²) in [6.07, 6.45) is 11.3. The van der Waals surface area contributed by atoms with E-state index in [9.17, 15) is 8.42 Å². The Kier molecular flexibility index (Phi) is 10.5. The van der Waals surface area contributed by atoms with Crippen LogP contribution in [-0.4, -0.2) is 14.0 Å². The van der Waals surface area contributed by atoms with Gasteiger partial charge >= 0.3 is 0 Å². The standard InChI is InChI=1S/C40H50O4S/c1-9-39(7,10-2)32-20-27-37(28-21-32)45(41,42)36-15-13-14-33(26-29-36)43-34-22-16-30(17-23-34)38(5,6)31-18-24-35(25-19-31)44-40(8,11-3)12-4/h13,15-29H,9-12,14H2,1-8H3. The monoisotopic (exact) mass is 626 g/mol. The fourth-order valence-electron chi connectivity index (χ4n) is 5.55. The third-order valence-corrected chi connectivity index (χ3v) is 11.8. The highest BCUT2D eigenvalue weighted by molar-refractivity contribution is 7.95. The molecule has 3 aromatic carbocycles. The van der Waals surface area contributed by atoms with Crippen LogP contribution in [-0.2, 0) is 20.7 Å². The van der Waals surface area contributed by atoms with E-state index in [2.05, 4.69) is 91.8 Å². The van der Waals surface area contributed by atoms with Crippen molar-refractivity contribution in [2.75, 3.05) is 0 Å². The SMILES string of the molecule is CCC(C)(CC)Oc1ccc(C(C)(C)c2ccc(OC3=CC=C(S(=O)(=O)c4ccc(C(C)(CC)CC)cc4)C=CC3)cc2)cc1. The molecule has 5 heteroatoms. The summed E-state index contributed by atoms with van der Waals surface area (Å²) in [6.45, 7) is 17.5. The van der Waals surface area contributed by atoms with Crippen molar-refractivity contribution in [1.82, 2.24) is 0 Å². The Hall–Kier alpha value is -3.57. The van der Waals surface area contributed by atoms with Crippen LogP contribution in [0.1, 0.15) is 104 Å². The van der Waals surface area contributed by atoms with Gasteiger partial charge in [-0.05, 0) is 109 Å². The summed E-state index contributed by atoms with van der Waals surface area (Å²) in [4.78, 5) is 0.556. The fourth-order valence-corrected chi connectivity index (χ4v) is 6.84. The molecule has 1 aliphatic rings. The molecule has 0 saturated carbocycles. The van der Waals surface area contributed by atoms with Gasteiger partial charge < -0.3 is 9.47 Å². The van der Waals surface area contributed by atoms with Crippen molar-refractivity contribution in [2.45, 2.75) is 109 Å². The average Bonchev–Trinajstić information content (AvgIpc) is 3.31. The van der Waals surface area contributed by atoms with Crippen LogP contribution in [0.15, 0.2) is 113 Å².